The number of carbonyl (C=O) groups excluding carboxylic acids is 2. The predicted octanol–water partition coefficient (Wildman–Crippen LogP) is 1.37. The Morgan fingerprint density at radius 3 is 2.37 bits per heavy atom. The molecule has 1 saturated heterocycles. The first kappa shape index (κ1) is 22.0. The molecule has 10 heteroatoms. The minimum atomic E-state index is -3.52. The molecule has 3 rings (SSSR count). The Hall–Kier alpha value is -2.65. The first-order valence-electron chi connectivity index (χ1n) is 9.30. The zero-order valence-electron chi connectivity index (χ0n) is 16.5. The van der Waals surface area contributed by atoms with Crippen LogP contribution in [0.5, 0.6) is 0 Å². The summed E-state index contributed by atoms with van der Waals surface area (Å²) in [5.74, 6) is -0.275. The highest BCUT2D eigenvalue weighted by molar-refractivity contribution is 7.90. The summed E-state index contributed by atoms with van der Waals surface area (Å²) in [5.41, 5.74) is 2.04. The number of nitrogens with zero attached hydrogens (tertiary/aromatic N) is 4. The van der Waals surface area contributed by atoms with Gasteiger partial charge in [0.15, 0.2) is 16.8 Å². The molecule has 0 saturated carbocycles. The molecule has 0 atom stereocenters. The van der Waals surface area contributed by atoms with E-state index in [4.69, 9.17) is 11.6 Å². The molecule has 3 heterocycles. The van der Waals surface area contributed by atoms with Crippen LogP contribution in [0.15, 0.2) is 35.5 Å². The SMILES string of the molecule is [CH2+]C(=O)N1CCN(c2ccc(CC(=O)Cc3cnc(Cl)c(S(C)(=O)=O)c3)nc2)CC1. The molecule has 0 radical (unpaired) electrons. The van der Waals surface area contributed by atoms with Crippen molar-refractivity contribution in [2.24, 2.45) is 0 Å². The normalized spacial score (nSPS) is 14.6. The van der Waals surface area contributed by atoms with E-state index in [0.717, 1.165) is 11.9 Å². The summed E-state index contributed by atoms with van der Waals surface area (Å²) in [6.07, 6.45) is 4.33. The highest BCUT2D eigenvalue weighted by Crippen LogP contribution is 2.21. The molecule has 1 aliphatic heterocycles. The number of Topliss-reactive ketones (excluding diaryl/α,β-unsaturated/α-hetero) is 1. The van der Waals surface area contributed by atoms with Crippen LogP contribution in [0.1, 0.15) is 11.3 Å². The van der Waals surface area contributed by atoms with E-state index < -0.39 is 9.84 Å². The van der Waals surface area contributed by atoms with Gasteiger partial charge < -0.3 is 4.90 Å². The van der Waals surface area contributed by atoms with E-state index in [1.54, 1.807) is 17.2 Å². The van der Waals surface area contributed by atoms with Gasteiger partial charge >= 0.3 is 5.91 Å². The van der Waals surface area contributed by atoms with Gasteiger partial charge in [0.2, 0.25) is 0 Å². The maximum Gasteiger partial charge on any atom is 0.401 e. The van der Waals surface area contributed by atoms with Gasteiger partial charge in [-0.3, -0.25) is 14.7 Å². The largest absolute Gasteiger partial charge is 0.401 e. The quantitative estimate of drug-likeness (QED) is 0.485. The van der Waals surface area contributed by atoms with Gasteiger partial charge in [0, 0.05) is 57.2 Å². The van der Waals surface area contributed by atoms with Gasteiger partial charge in [0.05, 0.1) is 11.9 Å². The number of sulfone groups is 1. The Morgan fingerprint density at radius 1 is 1.10 bits per heavy atom. The number of hydrogen-bond acceptors (Lipinski definition) is 7. The van der Waals surface area contributed by atoms with Crippen molar-refractivity contribution >= 4 is 38.8 Å². The molecule has 0 aliphatic carbocycles. The van der Waals surface area contributed by atoms with Crippen molar-refractivity contribution in [3.05, 3.63) is 53.9 Å². The summed E-state index contributed by atoms with van der Waals surface area (Å²) in [5, 5.41) is -0.105. The topological polar surface area (TPSA) is 101 Å². The van der Waals surface area contributed by atoms with Crippen molar-refractivity contribution in [1.29, 1.82) is 0 Å². The van der Waals surface area contributed by atoms with Crippen LogP contribution in [0, 0.1) is 6.92 Å². The van der Waals surface area contributed by atoms with Gasteiger partial charge in [-0.25, -0.2) is 18.2 Å². The number of pyridine rings is 2. The number of aromatic nitrogens is 2. The molecule has 30 heavy (non-hydrogen) atoms. The summed E-state index contributed by atoms with van der Waals surface area (Å²) in [6.45, 7) is 6.07. The fourth-order valence-electron chi connectivity index (χ4n) is 3.24. The molecule has 1 aliphatic rings. The van der Waals surface area contributed by atoms with E-state index in [1.165, 1.54) is 12.3 Å². The van der Waals surface area contributed by atoms with Crippen LogP contribution in [0.4, 0.5) is 5.69 Å². The average Bonchev–Trinajstić information content (AvgIpc) is 2.69. The molecule has 8 nitrogen and oxygen atoms in total. The average molecular weight is 450 g/mol. The van der Waals surface area contributed by atoms with E-state index in [9.17, 15) is 18.0 Å². The van der Waals surface area contributed by atoms with Crippen molar-refractivity contribution in [2.75, 3.05) is 37.3 Å². The second-order valence-electron chi connectivity index (χ2n) is 7.17. The first-order chi connectivity index (χ1) is 14.1. The number of hydrogen-bond donors (Lipinski definition) is 0. The molecule has 2 aromatic heterocycles. The van der Waals surface area contributed by atoms with Crippen molar-refractivity contribution in [2.45, 2.75) is 17.7 Å². The van der Waals surface area contributed by atoms with Crippen molar-refractivity contribution in [3.8, 4) is 0 Å². The second-order valence-corrected chi connectivity index (χ2v) is 9.51. The predicted molar refractivity (Wildman–Crippen MR) is 113 cm³/mol. The number of piperazine rings is 1. The zero-order chi connectivity index (χ0) is 21.9. The maximum atomic E-state index is 12.4. The van der Waals surface area contributed by atoms with Crippen molar-refractivity contribution < 1.29 is 18.0 Å². The van der Waals surface area contributed by atoms with Crippen LogP contribution >= 0.6 is 11.6 Å². The summed E-state index contributed by atoms with van der Waals surface area (Å²) < 4.78 is 23.5. The standard InChI is InChI=1S/C20H22ClN4O4S/c1-14(26)24-5-7-25(8-6-24)17-4-3-16(22-13-17)11-18(27)9-15-10-19(30(2,28)29)20(21)23-12-15/h3-4,10,12-13H,1,5-9,11H2,2H3/q+1. The molecule has 0 N–H and O–H groups in total. The lowest BCUT2D eigenvalue weighted by molar-refractivity contribution is -0.126. The summed E-state index contributed by atoms with van der Waals surface area (Å²) >= 11 is 5.84. The monoisotopic (exact) mass is 449 g/mol. The van der Waals surface area contributed by atoms with Crippen LogP contribution in [-0.4, -0.2) is 67.4 Å². The molecule has 1 amide bonds. The Bertz CT molecular complexity index is 1050. The molecule has 0 bridgehead atoms. The number of rotatable bonds is 6. The van der Waals surface area contributed by atoms with E-state index in [1.807, 2.05) is 6.07 Å². The van der Waals surface area contributed by atoms with Crippen LogP contribution in [0.25, 0.3) is 0 Å². The lowest BCUT2D eigenvalue weighted by atomic mass is 10.1. The van der Waals surface area contributed by atoms with E-state index in [2.05, 4.69) is 21.8 Å². The Kier molecular flexibility index (Phi) is 6.62. The van der Waals surface area contributed by atoms with Gasteiger partial charge in [-0.1, -0.05) is 11.6 Å². The third-order valence-electron chi connectivity index (χ3n) is 4.85. The minimum Gasteiger partial charge on any atom is -0.367 e. The smallest absolute Gasteiger partial charge is 0.367 e. The lowest BCUT2D eigenvalue weighted by Gasteiger charge is -2.33. The van der Waals surface area contributed by atoms with Gasteiger partial charge in [-0.05, 0) is 23.8 Å². The second kappa shape index (κ2) is 9.01. The minimum absolute atomic E-state index is 0.0389. The number of ketones is 1. The molecule has 0 aromatic carbocycles. The maximum absolute atomic E-state index is 12.4. The number of amides is 1. The van der Waals surface area contributed by atoms with Crippen molar-refractivity contribution in [3.63, 3.8) is 0 Å². The summed E-state index contributed by atoms with van der Waals surface area (Å²) in [7, 11) is -3.52. The highest BCUT2D eigenvalue weighted by Gasteiger charge is 2.22. The zero-order valence-corrected chi connectivity index (χ0v) is 18.1. The van der Waals surface area contributed by atoms with E-state index >= 15 is 0 Å². The van der Waals surface area contributed by atoms with Crippen LogP contribution in [0.2, 0.25) is 5.15 Å². The van der Waals surface area contributed by atoms with Gasteiger partial charge in [0.1, 0.15) is 15.8 Å². The van der Waals surface area contributed by atoms with Crippen molar-refractivity contribution in [1.82, 2.24) is 14.9 Å². The third-order valence-corrected chi connectivity index (χ3v) is 6.37. The molecule has 0 spiro atoms. The van der Waals surface area contributed by atoms with Gasteiger partial charge in [-0.2, -0.15) is 0 Å². The lowest BCUT2D eigenvalue weighted by Crippen LogP contribution is -2.48. The molecule has 158 valence electrons. The molecule has 2 aromatic rings. The van der Waals surface area contributed by atoms with E-state index in [0.29, 0.717) is 37.4 Å². The van der Waals surface area contributed by atoms with Crippen LogP contribution in [-0.2, 0) is 32.3 Å². The number of anilines is 1. The van der Waals surface area contributed by atoms with Gasteiger partial charge in [-0.15, -0.1) is 0 Å². The number of halogens is 1. The highest BCUT2D eigenvalue weighted by atomic mass is 35.5. The summed E-state index contributed by atoms with van der Waals surface area (Å²) in [4.78, 5) is 35.7. The molecular formula is C20H22ClN4O4S+. The van der Waals surface area contributed by atoms with Crippen LogP contribution < -0.4 is 4.90 Å². The number of carbonyl (C=O) groups is 2. The fourth-order valence-corrected chi connectivity index (χ4v) is 4.49. The summed E-state index contributed by atoms with van der Waals surface area (Å²) in [6, 6.07) is 5.09. The Balaban J connectivity index is 1.60. The van der Waals surface area contributed by atoms with E-state index in [-0.39, 0.29) is 34.6 Å². The van der Waals surface area contributed by atoms with Gasteiger partial charge in [0.25, 0.3) is 0 Å². The van der Waals surface area contributed by atoms with Crippen LogP contribution in [0.3, 0.4) is 0 Å². The Labute approximate surface area is 180 Å². The molecular weight excluding hydrogens is 428 g/mol. The fraction of sp³-hybridized carbons (Fsp3) is 0.350. The first-order valence-corrected chi connectivity index (χ1v) is 11.6. The Morgan fingerprint density at radius 2 is 1.80 bits per heavy atom. The molecule has 1 fully saturated rings. The third kappa shape index (κ3) is 5.48. The molecule has 0 unspecified atom stereocenters.